The highest BCUT2D eigenvalue weighted by atomic mass is 16.1. The number of hydrogen-bond donors (Lipinski definition) is 1. The monoisotopic (exact) mass is 189 g/mol. The van der Waals surface area contributed by atoms with Gasteiger partial charge in [-0.1, -0.05) is 29.8 Å². The van der Waals surface area contributed by atoms with Crippen molar-refractivity contribution in [2.24, 2.45) is 0 Å². The molecule has 0 aliphatic carbocycles. The van der Waals surface area contributed by atoms with Gasteiger partial charge in [-0.2, -0.15) is 0 Å². The van der Waals surface area contributed by atoms with Crippen LogP contribution in [0.5, 0.6) is 0 Å². The van der Waals surface area contributed by atoms with Crippen LogP contribution >= 0.6 is 0 Å². The molecule has 0 fully saturated rings. The van der Waals surface area contributed by atoms with Crippen molar-refractivity contribution in [3.05, 3.63) is 47.7 Å². The number of carbonyl (C=O) groups is 1. The predicted octanol–water partition coefficient (Wildman–Crippen LogP) is 2.19. The number of nitrogens with one attached hydrogen (secondary N) is 1. The zero-order valence-electron chi connectivity index (χ0n) is 8.58. The van der Waals surface area contributed by atoms with Crippen LogP contribution < -0.4 is 5.32 Å². The van der Waals surface area contributed by atoms with Gasteiger partial charge in [0.2, 0.25) is 0 Å². The van der Waals surface area contributed by atoms with Crippen molar-refractivity contribution in [3.63, 3.8) is 0 Å². The summed E-state index contributed by atoms with van der Waals surface area (Å²) in [6.07, 6.45) is 3.21. The van der Waals surface area contributed by atoms with Crippen LogP contribution in [0, 0.1) is 6.92 Å². The van der Waals surface area contributed by atoms with Gasteiger partial charge in [-0.3, -0.25) is 4.79 Å². The third-order valence-electron chi connectivity index (χ3n) is 1.82. The van der Waals surface area contributed by atoms with Gasteiger partial charge in [0.25, 0.3) is 0 Å². The van der Waals surface area contributed by atoms with Crippen LogP contribution in [0.2, 0.25) is 0 Å². The van der Waals surface area contributed by atoms with Gasteiger partial charge in [0.1, 0.15) is 0 Å². The van der Waals surface area contributed by atoms with E-state index in [-0.39, 0.29) is 5.78 Å². The molecule has 0 bridgehead atoms. The first-order chi connectivity index (χ1) is 6.68. The van der Waals surface area contributed by atoms with Crippen molar-refractivity contribution < 1.29 is 4.79 Å². The first-order valence-electron chi connectivity index (χ1n) is 4.64. The van der Waals surface area contributed by atoms with Gasteiger partial charge in [-0.25, -0.2) is 0 Å². The first-order valence-corrected chi connectivity index (χ1v) is 4.64. The average Bonchev–Trinajstić information content (AvgIpc) is 2.12. The van der Waals surface area contributed by atoms with E-state index in [1.807, 2.05) is 6.07 Å². The number of aryl methyl sites for hydroxylation is 1. The van der Waals surface area contributed by atoms with E-state index in [0.29, 0.717) is 0 Å². The summed E-state index contributed by atoms with van der Waals surface area (Å²) in [6.45, 7) is 4.35. The molecule has 0 aromatic heterocycles. The molecule has 14 heavy (non-hydrogen) atoms. The number of ketones is 1. The summed E-state index contributed by atoms with van der Waals surface area (Å²) >= 11 is 0. The van der Waals surface area contributed by atoms with Crippen molar-refractivity contribution in [1.29, 1.82) is 0 Å². The third-order valence-corrected chi connectivity index (χ3v) is 1.82. The smallest absolute Gasteiger partial charge is 0.154 e. The zero-order valence-corrected chi connectivity index (χ0v) is 8.58. The van der Waals surface area contributed by atoms with Crippen LogP contribution in [0.3, 0.4) is 0 Å². The maximum absolute atomic E-state index is 10.6. The minimum absolute atomic E-state index is 0.0572. The molecule has 1 aromatic carbocycles. The molecular formula is C12H15NO. The minimum Gasteiger partial charge on any atom is -0.387 e. The molecule has 2 nitrogen and oxygen atoms in total. The number of carbonyl (C=O) groups excluding carboxylic acids is 1. The summed E-state index contributed by atoms with van der Waals surface area (Å²) in [5.41, 5.74) is 2.47. The Labute approximate surface area is 84.6 Å². The van der Waals surface area contributed by atoms with Crippen LogP contribution in [0.1, 0.15) is 18.1 Å². The highest BCUT2D eigenvalue weighted by Gasteiger charge is 1.90. The molecule has 0 unspecified atom stereocenters. The number of benzene rings is 1. The Kier molecular flexibility index (Phi) is 3.92. The molecule has 0 saturated heterocycles. The Morgan fingerprint density at radius 3 is 2.93 bits per heavy atom. The molecule has 1 rings (SSSR count). The SMILES string of the molecule is CC(=O)C=CNCc1cccc(C)c1. The normalized spacial score (nSPS) is 10.4. The lowest BCUT2D eigenvalue weighted by molar-refractivity contribution is -0.112. The molecule has 0 amide bonds. The van der Waals surface area contributed by atoms with E-state index in [0.717, 1.165) is 6.54 Å². The van der Waals surface area contributed by atoms with Gasteiger partial charge >= 0.3 is 0 Å². The molecule has 0 saturated carbocycles. The molecule has 74 valence electrons. The van der Waals surface area contributed by atoms with E-state index in [4.69, 9.17) is 0 Å². The molecule has 2 heteroatoms. The van der Waals surface area contributed by atoms with Crippen LogP contribution in [0.4, 0.5) is 0 Å². The lowest BCUT2D eigenvalue weighted by Crippen LogP contribution is -2.05. The van der Waals surface area contributed by atoms with Gasteiger partial charge in [0.05, 0.1) is 0 Å². The number of hydrogen-bond acceptors (Lipinski definition) is 2. The molecule has 1 N–H and O–H groups in total. The summed E-state index contributed by atoms with van der Waals surface area (Å²) in [5.74, 6) is 0.0572. The largest absolute Gasteiger partial charge is 0.387 e. The fourth-order valence-electron chi connectivity index (χ4n) is 1.18. The van der Waals surface area contributed by atoms with E-state index in [1.54, 1.807) is 6.20 Å². The second kappa shape index (κ2) is 5.22. The fourth-order valence-corrected chi connectivity index (χ4v) is 1.18. The van der Waals surface area contributed by atoms with Gasteiger partial charge in [0, 0.05) is 12.7 Å². The van der Waals surface area contributed by atoms with Gasteiger partial charge in [-0.05, 0) is 25.5 Å². The average molecular weight is 189 g/mol. The Morgan fingerprint density at radius 1 is 1.50 bits per heavy atom. The van der Waals surface area contributed by atoms with Crippen LogP contribution in [-0.4, -0.2) is 5.78 Å². The lowest BCUT2D eigenvalue weighted by Gasteiger charge is -2.01. The quantitative estimate of drug-likeness (QED) is 0.735. The van der Waals surface area contributed by atoms with Crippen molar-refractivity contribution in [3.8, 4) is 0 Å². The van der Waals surface area contributed by atoms with Crippen molar-refractivity contribution >= 4 is 5.78 Å². The summed E-state index contributed by atoms with van der Waals surface area (Å²) in [5, 5.41) is 3.06. The Hall–Kier alpha value is -1.57. The van der Waals surface area contributed by atoms with Crippen molar-refractivity contribution in [1.82, 2.24) is 5.32 Å². The van der Waals surface area contributed by atoms with E-state index < -0.39 is 0 Å². The Balaban J connectivity index is 2.42. The predicted molar refractivity (Wildman–Crippen MR) is 57.8 cm³/mol. The molecular weight excluding hydrogens is 174 g/mol. The van der Waals surface area contributed by atoms with E-state index in [2.05, 4.69) is 30.4 Å². The summed E-state index contributed by atoms with van der Waals surface area (Å²) in [4.78, 5) is 10.6. The maximum atomic E-state index is 10.6. The second-order valence-corrected chi connectivity index (χ2v) is 3.31. The molecule has 1 aromatic rings. The minimum atomic E-state index is 0.0572. The zero-order chi connectivity index (χ0) is 10.4. The van der Waals surface area contributed by atoms with E-state index in [9.17, 15) is 4.79 Å². The van der Waals surface area contributed by atoms with Gasteiger partial charge in [0.15, 0.2) is 5.78 Å². The van der Waals surface area contributed by atoms with E-state index >= 15 is 0 Å². The van der Waals surface area contributed by atoms with Crippen LogP contribution in [0.25, 0.3) is 0 Å². The molecule has 0 radical (unpaired) electrons. The standard InChI is InChI=1S/C12H15NO/c1-10-4-3-5-12(8-10)9-13-7-6-11(2)14/h3-8,13H,9H2,1-2H3. The molecule has 0 spiro atoms. The Bertz CT molecular complexity index is 342. The van der Waals surface area contributed by atoms with Crippen LogP contribution in [-0.2, 0) is 11.3 Å². The van der Waals surface area contributed by atoms with Gasteiger partial charge < -0.3 is 5.32 Å². The second-order valence-electron chi connectivity index (χ2n) is 3.31. The summed E-state index contributed by atoms with van der Waals surface area (Å²) < 4.78 is 0. The van der Waals surface area contributed by atoms with Crippen molar-refractivity contribution in [2.75, 3.05) is 0 Å². The molecule has 0 aliphatic rings. The van der Waals surface area contributed by atoms with Crippen molar-refractivity contribution in [2.45, 2.75) is 20.4 Å². The van der Waals surface area contributed by atoms with Gasteiger partial charge in [-0.15, -0.1) is 0 Å². The topological polar surface area (TPSA) is 29.1 Å². The molecule has 0 atom stereocenters. The lowest BCUT2D eigenvalue weighted by atomic mass is 10.1. The summed E-state index contributed by atoms with van der Waals surface area (Å²) in [7, 11) is 0. The first kappa shape index (κ1) is 10.5. The highest BCUT2D eigenvalue weighted by Crippen LogP contribution is 2.02. The van der Waals surface area contributed by atoms with Crippen LogP contribution in [0.15, 0.2) is 36.5 Å². The van der Waals surface area contributed by atoms with E-state index in [1.165, 1.54) is 24.1 Å². The highest BCUT2D eigenvalue weighted by molar-refractivity contribution is 5.87. The summed E-state index contributed by atoms with van der Waals surface area (Å²) in [6, 6.07) is 8.27. The third kappa shape index (κ3) is 3.90. The maximum Gasteiger partial charge on any atom is 0.154 e. The molecule has 0 heterocycles. The number of rotatable bonds is 4. The molecule has 0 aliphatic heterocycles. The number of allylic oxidation sites excluding steroid dienone is 1. The fraction of sp³-hybridized carbons (Fsp3) is 0.250. The Morgan fingerprint density at radius 2 is 2.29 bits per heavy atom.